The maximum Gasteiger partial charge on any atom is 0.234 e. The van der Waals surface area contributed by atoms with Crippen molar-refractivity contribution in [2.45, 2.75) is 39.8 Å². The Morgan fingerprint density at radius 3 is 2.82 bits per heavy atom. The molecule has 0 fully saturated rings. The molecule has 1 aromatic heterocycles. The number of aryl methyl sites for hydroxylation is 2. The highest BCUT2D eigenvalue weighted by atomic mass is 16.1. The lowest BCUT2D eigenvalue weighted by Gasteiger charge is -2.08. The van der Waals surface area contributed by atoms with Gasteiger partial charge in [-0.05, 0) is 6.42 Å². The molecule has 2 N–H and O–H groups in total. The Morgan fingerprint density at radius 2 is 2.24 bits per heavy atom. The molecule has 0 saturated carbocycles. The van der Waals surface area contributed by atoms with Gasteiger partial charge in [0.15, 0.2) is 0 Å². The van der Waals surface area contributed by atoms with Gasteiger partial charge < -0.3 is 10.6 Å². The zero-order valence-corrected chi connectivity index (χ0v) is 11.1. The van der Waals surface area contributed by atoms with Gasteiger partial charge in [0.05, 0.1) is 12.2 Å². The molecule has 0 aliphatic heterocycles. The molecule has 0 bridgehead atoms. The molecule has 17 heavy (non-hydrogen) atoms. The highest BCUT2D eigenvalue weighted by Gasteiger charge is 2.07. The molecule has 5 nitrogen and oxygen atoms in total. The summed E-state index contributed by atoms with van der Waals surface area (Å²) < 4.78 is 1.78. The molecule has 1 heterocycles. The zero-order valence-electron chi connectivity index (χ0n) is 11.1. The van der Waals surface area contributed by atoms with E-state index in [1.165, 1.54) is 0 Å². The summed E-state index contributed by atoms with van der Waals surface area (Å²) in [5.74, 6) is 0.0182. The summed E-state index contributed by atoms with van der Waals surface area (Å²) in [6, 6.07) is 0.324. The van der Waals surface area contributed by atoms with Crippen LogP contribution in [0.1, 0.15) is 32.0 Å². The topological polar surface area (TPSA) is 59.0 Å². The number of hydrogen-bond donors (Lipinski definition) is 2. The lowest BCUT2D eigenvalue weighted by Crippen LogP contribution is -2.36. The van der Waals surface area contributed by atoms with Crippen LogP contribution in [0.5, 0.6) is 0 Å². The van der Waals surface area contributed by atoms with Crippen molar-refractivity contribution in [2.24, 2.45) is 7.05 Å². The molecule has 0 aromatic carbocycles. The molecule has 1 amide bonds. The lowest BCUT2D eigenvalue weighted by atomic mass is 10.2. The van der Waals surface area contributed by atoms with Gasteiger partial charge in [0.25, 0.3) is 0 Å². The van der Waals surface area contributed by atoms with Crippen LogP contribution in [0.4, 0.5) is 0 Å². The SMILES string of the molecule is CCc1nn(C)cc1CNC(=O)CNC(C)C. The minimum Gasteiger partial charge on any atom is -0.351 e. The van der Waals surface area contributed by atoms with Gasteiger partial charge in [-0.25, -0.2) is 0 Å². The van der Waals surface area contributed by atoms with Crippen molar-refractivity contribution in [1.82, 2.24) is 20.4 Å². The Morgan fingerprint density at radius 1 is 1.53 bits per heavy atom. The number of aromatic nitrogens is 2. The van der Waals surface area contributed by atoms with E-state index in [9.17, 15) is 4.79 Å². The first-order chi connectivity index (χ1) is 8.02. The number of nitrogens with zero attached hydrogens (tertiary/aromatic N) is 2. The molecule has 96 valence electrons. The molecule has 0 aliphatic rings. The molecule has 5 heteroatoms. The highest BCUT2D eigenvalue weighted by Crippen LogP contribution is 2.06. The van der Waals surface area contributed by atoms with Crippen molar-refractivity contribution in [2.75, 3.05) is 6.54 Å². The van der Waals surface area contributed by atoms with Gasteiger partial charge >= 0.3 is 0 Å². The van der Waals surface area contributed by atoms with Crippen molar-refractivity contribution in [3.8, 4) is 0 Å². The van der Waals surface area contributed by atoms with E-state index in [0.29, 0.717) is 19.1 Å². The number of carbonyl (C=O) groups is 1. The van der Waals surface area contributed by atoms with Crippen LogP contribution in [-0.4, -0.2) is 28.3 Å². The Kier molecular flexibility index (Phi) is 5.15. The average Bonchev–Trinajstić information content (AvgIpc) is 2.64. The van der Waals surface area contributed by atoms with Crippen LogP contribution in [0.15, 0.2) is 6.20 Å². The van der Waals surface area contributed by atoms with Crippen LogP contribution in [0.25, 0.3) is 0 Å². The zero-order chi connectivity index (χ0) is 12.8. The number of carbonyl (C=O) groups excluding carboxylic acids is 1. The predicted molar refractivity (Wildman–Crippen MR) is 67.6 cm³/mol. The van der Waals surface area contributed by atoms with E-state index in [1.54, 1.807) is 4.68 Å². The first-order valence-corrected chi connectivity index (χ1v) is 6.04. The second kappa shape index (κ2) is 6.39. The third kappa shape index (κ3) is 4.56. The monoisotopic (exact) mass is 238 g/mol. The fourth-order valence-corrected chi connectivity index (χ4v) is 1.58. The molecule has 0 atom stereocenters. The van der Waals surface area contributed by atoms with E-state index in [4.69, 9.17) is 0 Å². The summed E-state index contributed by atoms with van der Waals surface area (Å²) in [5.41, 5.74) is 2.14. The molecular formula is C12H22N4O. The summed E-state index contributed by atoms with van der Waals surface area (Å²) in [5, 5.41) is 10.3. The van der Waals surface area contributed by atoms with Crippen LogP contribution in [0, 0.1) is 0 Å². The third-order valence-corrected chi connectivity index (χ3v) is 2.47. The maximum absolute atomic E-state index is 11.5. The van der Waals surface area contributed by atoms with E-state index in [-0.39, 0.29) is 5.91 Å². The van der Waals surface area contributed by atoms with E-state index in [2.05, 4.69) is 22.7 Å². The Hall–Kier alpha value is -1.36. The smallest absolute Gasteiger partial charge is 0.234 e. The minimum atomic E-state index is 0.0182. The maximum atomic E-state index is 11.5. The van der Waals surface area contributed by atoms with Gasteiger partial charge in [-0.3, -0.25) is 9.48 Å². The number of nitrogens with one attached hydrogen (secondary N) is 2. The summed E-state index contributed by atoms with van der Waals surface area (Å²) in [6.07, 6.45) is 2.84. The molecule has 0 unspecified atom stereocenters. The molecule has 1 aromatic rings. The summed E-state index contributed by atoms with van der Waals surface area (Å²) in [7, 11) is 1.89. The third-order valence-electron chi connectivity index (χ3n) is 2.47. The highest BCUT2D eigenvalue weighted by molar-refractivity contribution is 5.78. The van der Waals surface area contributed by atoms with Gasteiger partial charge in [-0.15, -0.1) is 0 Å². The summed E-state index contributed by atoms with van der Waals surface area (Å²) >= 11 is 0. The molecule has 0 spiro atoms. The van der Waals surface area contributed by atoms with Gasteiger partial charge in [-0.1, -0.05) is 20.8 Å². The quantitative estimate of drug-likeness (QED) is 0.763. The lowest BCUT2D eigenvalue weighted by molar-refractivity contribution is -0.120. The van der Waals surface area contributed by atoms with Crippen LogP contribution in [0.3, 0.4) is 0 Å². The minimum absolute atomic E-state index is 0.0182. The van der Waals surface area contributed by atoms with Crippen molar-refractivity contribution in [3.05, 3.63) is 17.5 Å². The first-order valence-electron chi connectivity index (χ1n) is 6.04. The van der Waals surface area contributed by atoms with Crippen LogP contribution >= 0.6 is 0 Å². The van der Waals surface area contributed by atoms with Crippen molar-refractivity contribution in [1.29, 1.82) is 0 Å². The second-order valence-electron chi connectivity index (χ2n) is 4.44. The van der Waals surface area contributed by atoms with Gasteiger partial charge in [-0.2, -0.15) is 5.10 Å². The van der Waals surface area contributed by atoms with Gasteiger partial charge in [0, 0.05) is 31.4 Å². The largest absolute Gasteiger partial charge is 0.351 e. The molecule has 0 saturated heterocycles. The fraction of sp³-hybridized carbons (Fsp3) is 0.667. The molecule has 1 rings (SSSR count). The van der Waals surface area contributed by atoms with E-state index in [1.807, 2.05) is 27.1 Å². The Bertz CT molecular complexity index is 371. The normalized spacial score (nSPS) is 10.9. The van der Waals surface area contributed by atoms with Crippen LogP contribution in [0.2, 0.25) is 0 Å². The number of amides is 1. The second-order valence-corrected chi connectivity index (χ2v) is 4.44. The van der Waals surface area contributed by atoms with E-state index in [0.717, 1.165) is 17.7 Å². The van der Waals surface area contributed by atoms with Crippen LogP contribution < -0.4 is 10.6 Å². The standard InChI is InChI=1S/C12H22N4O/c1-5-11-10(8-16(4)15-11)6-14-12(17)7-13-9(2)3/h8-9,13H,5-7H2,1-4H3,(H,14,17). The number of hydrogen-bond acceptors (Lipinski definition) is 3. The Balaban J connectivity index is 2.41. The van der Waals surface area contributed by atoms with Crippen LogP contribution in [-0.2, 0) is 24.8 Å². The molecular weight excluding hydrogens is 216 g/mol. The van der Waals surface area contributed by atoms with Crippen molar-refractivity contribution < 1.29 is 4.79 Å². The first kappa shape index (κ1) is 13.7. The summed E-state index contributed by atoms with van der Waals surface area (Å²) in [4.78, 5) is 11.5. The van der Waals surface area contributed by atoms with Crippen molar-refractivity contribution >= 4 is 5.91 Å². The molecule has 0 aliphatic carbocycles. The van der Waals surface area contributed by atoms with E-state index >= 15 is 0 Å². The van der Waals surface area contributed by atoms with E-state index < -0.39 is 0 Å². The van der Waals surface area contributed by atoms with Gasteiger partial charge in [0.1, 0.15) is 0 Å². The van der Waals surface area contributed by atoms with Crippen molar-refractivity contribution in [3.63, 3.8) is 0 Å². The number of rotatable bonds is 6. The molecule has 0 radical (unpaired) electrons. The summed E-state index contributed by atoms with van der Waals surface area (Å²) in [6.45, 7) is 7.01. The average molecular weight is 238 g/mol. The predicted octanol–water partition coefficient (Wildman–Crippen LogP) is 0.597. The van der Waals surface area contributed by atoms with Gasteiger partial charge in [0.2, 0.25) is 5.91 Å². The fourth-order valence-electron chi connectivity index (χ4n) is 1.58. The Labute approximate surface area is 103 Å².